The summed E-state index contributed by atoms with van der Waals surface area (Å²) in [6.07, 6.45) is 2.13. The number of amides is 2. The van der Waals surface area contributed by atoms with E-state index in [9.17, 15) is 9.59 Å². The van der Waals surface area contributed by atoms with Gasteiger partial charge in [0.05, 0.1) is 7.11 Å². The molecule has 144 valence electrons. The minimum atomic E-state index is -0.323. The van der Waals surface area contributed by atoms with E-state index in [1.54, 1.807) is 55.2 Å². The number of hydrogen-bond donors (Lipinski definition) is 2. The molecule has 0 unspecified atom stereocenters. The zero-order chi connectivity index (χ0) is 20.1. The Labute approximate surface area is 163 Å². The van der Waals surface area contributed by atoms with Gasteiger partial charge >= 0.3 is 0 Å². The lowest BCUT2D eigenvalue weighted by Crippen LogP contribution is -2.13. The second-order valence-corrected chi connectivity index (χ2v) is 6.25. The van der Waals surface area contributed by atoms with Crippen LogP contribution in [0, 0.1) is 6.92 Å². The number of ether oxygens (including phenoxy) is 1. The molecule has 2 amide bonds. The van der Waals surface area contributed by atoms with E-state index in [-0.39, 0.29) is 17.5 Å². The Morgan fingerprint density at radius 2 is 1.71 bits per heavy atom. The topological polar surface area (TPSA) is 85.2 Å². The predicted molar refractivity (Wildman–Crippen MR) is 108 cm³/mol. The van der Waals surface area contributed by atoms with Crippen molar-refractivity contribution in [2.45, 2.75) is 20.3 Å². The number of nitrogens with zero attached hydrogens (tertiary/aromatic N) is 2. The summed E-state index contributed by atoms with van der Waals surface area (Å²) >= 11 is 0. The van der Waals surface area contributed by atoms with Crippen LogP contribution in [-0.4, -0.2) is 28.7 Å². The first kappa shape index (κ1) is 19.2. The van der Waals surface area contributed by atoms with Crippen molar-refractivity contribution in [2.24, 2.45) is 0 Å². The molecule has 0 aliphatic carbocycles. The van der Waals surface area contributed by atoms with Crippen molar-refractivity contribution in [3.63, 3.8) is 0 Å². The van der Waals surface area contributed by atoms with Crippen molar-refractivity contribution in [3.05, 3.63) is 66.0 Å². The van der Waals surface area contributed by atoms with Crippen LogP contribution < -0.4 is 15.4 Å². The molecule has 0 aliphatic rings. The number of methoxy groups -OCH3 is 1. The Bertz CT molecular complexity index is 993. The lowest BCUT2D eigenvalue weighted by Gasteiger charge is -2.09. The number of hydrogen-bond acceptors (Lipinski definition) is 4. The number of nitrogens with one attached hydrogen (secondary N) is 2. The van der Waals surface area contributed by atoms with Gasteiger partial charge in [0, 0.05) is 24.0 Å². The molecular formula is C21H22N4O3. The van der Waals surface area contributed by atoms with Crippen LogP contribution in [0.5, 0.6) is 5.75 Å². The summed E-state index contributed by atoms with van der Waals surface area (Å²) in [5.41, 5.74) is 3.40. The molecule has 0 atom stereocenters. The van der Waals surface area contributed by atoms with E-state index in [1.807, 2.05) is 25.1 Å². The van der Waals surface area contributed by atoms with Crippen molar-refractivity contribution in [1.29, 1.82) is 0 Å². The third kappa shape index (κ3) is 4.37. The minimum Gasteiger partial charge on any atom is -0.494 e. The van der Waals surface area contributed by atoms with E-state index in [0.29, 0.717) is 23.5 Å². The van der Waals surface area contributed by atoms with Crippen LogP contribution in [0.4, 0.5) is 11.4 Å². The summed E-state index contributed by atoms with van der Waals surface area (Å²) < 4.78 is 6.99. The SMILES string of the molecule is CCC(=O)Nc1ccc(NC(=O)c2ccn(-c3cc(C)ccc3OC)n2)cc1. The van der Waals surface area contributed by atoms with E-state index < -0.39 is 0 Å². The Hall–Kier alpha value is -3.61. The monoisotopic (exact) mass is 378 g/mol. The zero-order valence-corrected chi connectivity index (χ0v) is 16.0. The van der Waals surface area contributed by atoms with Gasteiger partial charge in [0.2, 0.25) is 5.91 Å². The van der Waals surface area contributed by atoms with Crippen molar-refractivity contribution >= 4 is 23.2 Å². The van der Waals surface area contributed by atoms with Crippen LogP contribution in [0.3, 0.4) is 0 Å². The van der Waals surface area contributed by atoms with Crippen LogP contribution in [0.25, 0.3) is 5.69 Å². The summed E-state index contributed by atoms with van der Waals surface area (Å²) in [5.74, 6) is 0.287. The fourth-order valence-corrected chi connectivity index (χ4v) is 2.64. The number of carbonyl (C=O) groups is 2. The second kappa shape index (κ2) is 8.39. The maximum Gasteiger partial charge on any atom is 0.276 e. The average Bonchev–Trinajstić information content (AvgIpc) is 3.19. The van der Waals surface area contributed by atoms with E-state index in [2.05, 4.69) is 15.7 Å². The first-order chi connectivity index (χ1) is 13.5. The highest BCUT2D eigenvalue weighted by molar-refractivity contribution is 6.03. The number of benzene rings is 2. The average molecular weight is 378 g/mol. The van der Waals surface area contributed by atoms with Crippen molar-refractivity contribution in [1.82, 2.24) is 9.78 Å². The molecule has 0 spiro atoms. The Morgan fingerprint density at radius 3 is 2.36 bits per heavy atom. The van der Waals surface area contributed by atoms with Crippen molar-refractivity contribution in [3.8, 4) is 11.4 Å². The van der Waals surface area contributed by atoms with Gasteiger partial charge in [0.25, 0.3) is 5.91 Å². The van der Waals surface area contributed by atoms with E-state index >= 15 is 0 Å². The highest BCUT2D eigenvalue weighted by Gasteiger charge is 2.13. The first-order valence-corrected chi connectivity index (χ1v) is 8.92. The lowest BCUT2D eigenvalue weighted by atomic mass is 10.2. The van der Waals surface area contributed by atoms with Crippen LogP contribution in [0.1, 0.15) is 29.4 Å². The minimum absolute atomic E-state index is 0.0612. The zero-order valence-electron chi connectivity index (χ0n) is 16.0. The number of aromatic nitrogens is 2. The number of aryl methyl sites for hydroxylation is 1. The van der Waals surface area contributed by atoms with E-state index in [0.717, 1.165) is 11.3 Å². The van der Waals surface area contributed by atoms with Crippen LogP contribution in [0.2, 0.25) is 0 Å². The van der Waals surface area contributed by atoms with Gasteiger partial charge < -0.3 is 15.4 Å². The molecule has 1 heterocycles. The molecule has 0 saturated heterocycles. The lowest BCUT2D eigenvalue weighted by molar-refractivity contribution is -0.115. The van der Waals surface area contributed by atoms with E-state index in [1.165, 1.54) is 0 Å². The van der Waals surface area contributed by atoms with Gasteiger partial charge in [-0.25, -0.2) is 4.68 Å². The maximum atomic E-state index is 12.5. The van der Waals surface area contributed by atoms with E-state index in [4.69, 9.17) is 4.74 Å². The number of carbonyl (C=O) groups excluding carboxylic acids is 2. The van der Waals surface area contributed by atoms with Crippen LogP contribution in [-0.2, 0) is 4.79 Å². The summed E-state index contributed by atoms with van der Waals surface area (Å²) in [4.78, 5) is 23.9. The third-order valence-corrected chi connectivity index (χ3v) is 4.15. The van der Waals surface area contributed by atoms with Gasteiger partial charge in [-0.05, 0) is 55.0 Å². The van der Waals surface area contributed by atoms with Gasteiger partial charge in [-0.1, -0.05) is 13.0 Å². The van der Waals surface area contributed by atoms with Gasteiger partial charge in [-0.15, -0.1) is 0 Å². The Balaban J connectivity index is 1.73. The molecule has 0 saturated carbocycles. The quantitative estimate of drug-likeness (QED) is 0.683. The number of anilines is 2. The van der Waals surface area contributed by atoms with Crippen LogP contribution in [0.15, 0.2) is 54.7 Å². The molecule has 2 aromatic carbocycles. The molecule has 1 aromatic heterocycles. The van der Waals surface area contributed by atoms with Crippen molar-refractivity contribution < 1.29 is 14.3 Å². The summed E-state index contributed by atoms with van der Waals surface area (Å²) in [5, 5.41) is 9.92. The highest BCUT2D eigenvalue weighted by atomic mass is 16.5. The third-order valence-electron chi connectivity index (χ3n) is 4.15. The summed E-state index contributed by atoms with van der Waals surface area (Å²) in [7, 11) is 1.60. The molecular weight excluding hydrogens is 356 g/mol. The smallest absolute Gasteiger partial charge is 0.276 e. The van der Waals surface area contributed by atoms with Gasteiger partial charge in [0.15, 0.2) is 5.69 Å². The summed E-state index contributed by atoms with van der Waals surface area (Å²) in [6, 6.07) is 14.3. The standard InChI is InChI=1S/C21H22N4O3/c1-4-20(26)22-15-6-8-16(9-7-15)23-21(27)17-11-12-25(24-17)18-13-14(2)5-10-19(18)28-3/h5-13H,4H2,1-3H3,(H,22,26)(H,23,27). The molecule has 0 bridgehead atoms. The van der Waals surface area contributed by atoms with Crippen molar-refractivity contribution in [2.75, 3.05) is 17.7 Å². The highest BCUT2D eigenvalue weighted by Crippen LogP contribution is 2.23. The second-order valence-electron chi connectivity index (χ2n) is 6.25. The molecule has 2 N–H and O–H groups in total. The Kier molecular flexibility index (Phi) is 5.74. The normalized spacial score (nSPS) is 10.4. The van der Waals surface area contributed by atoms with Gasteiger partial charge in [-0.2, -0.15) is 5.10 Å². The predicted octanol–water partition coefficient (Wildman–Crippen LogP) is 3.79. The number of rotatable bonds is 6. The fraction of sp³-hybridized carbons (Fsp3) is 0.190. The fourth-order valence-electron chi connectivity index (χ4n) is 2.64. The molecule has 0 radical (unpaired) electrons. The molecule has 3 aromatic rings. The van der Waals surface area contributed by atoms with Gasteiger partial charge in [-0.3, -0.25) is 9.59 Å². The molecule has 7 nitrogen and oxygen atoms in total. The molecule has 28 heavy (non-hydrogen) atoms. The summed E-state index contributed by atoms with van der Waals surface area (Å²) in [6.45, 7) is 3.77. The maximum absolute atomic E-state index is 12.5. The largest absolute Gasteiger partial charge is 0.494 e. The Morgan fingerprint density at radius 1 is 1.04 bits per heavy atom. The molecule has 7 heteroatoms. The first-order valence-electron chi connectivity index (χ1n) is 8.92. The van der Waals surface area contributed by atoms with Crippen LogP contribution >= 0.6 is 0 Å². The molecule has 0 aliphatic heterocycles. The van der Waals surface area contributed by atoms with Gasteiger partial charge in [0.1, 0.15) is 11.4 Å². The molecule has 3 rings (SSSR count). The molecule has 0 fully saturated rings.